The molecule has 1 aromatic heterocycles. The Hall–Kier alpha value is -0.970. The van der Waals surface area contributed by atoms with Gasteiger partial charge in [0.25, 0.3) is 0 Å². The molecular formula is C17H28N4. The predicted molar refractivity (Wildman–Crippen MR) is 86.0 cm³/mol. The van der Waals surface area contributed by atoms with Crippen molar-refractivity contribution in [3.63, 3.8) is 0 Å². The zero-order chi connectivity index (χ0) is 15.0. The van der Waals surface area contributed by atoms with Gasteiger partial charge in [-0.05, 0) is 52.3 Å². The van der Waals surface area contributed by atoms with Gasteiger partial charge in [-0.1, -0.05) is 6.07 Å². The van der Waals surface area contributed by atoms with E-state index in [-0.39, 0.29) is 5.54 Å². The van der Waals surface area contributed by atoms with Gasteiger partial charge in [0.05, 0.1) is 5.69 Å². The molecule has 2 heterocycles. The SMILES string of the molecule is Cc1cccc(CN(C)C2(CN)CC(C)N(C3CC3)C2)n1. The van der Waals surface area contributed by atoms with Crippen molar-refractivity contribution < 1.29 is 0 Å². The molecule has 0 bridgehead atoms. The van der Waals surface area contributed by atoms with Gasteiger partial charge >= 0.3 is 0 Å². The Bertz CT molecular complexity index is 499. The summed E-state index contributed by atoms with van der Waals surface area (Å²) in [6.07, 6.45) is 3.91. The van der Waals surface area contributed by atoms with E-state index < -0.39 is 0 Å². The normalized spacial score (nSPS) is 30.2. The molecule has 1 aliphatic carbocycles. The van der Waals surface area contributed by atoms with Crippen LogP contribution < -0.4 is 5.73 Å². The van der Waals surface area contributed by atoms with E-state index in [1.54, 1.807) is 0 Å². The molecule has 0 aromatic carbocycles. The molecule has 2 fully saturated rings. The van der Waals surface area contributed by atoms with Crippen LogP contribution in [0.5, 0.6) is 0 Å². The smallest absolute Gasteiger partial charge is 0.0547 e. The van der Waals surface area contributed by atoms with Crippen molar-refractivity contribution >= 4 is 0 Å². The molecule has 2 N–H and O–H groups in total. The van der Waals surface area contributed by atoms with Gasteiger partial charge in [0.15, 0.2) is 0 Å². The van der Waals surface area contributed by atoms with Crippen LogP contribution >= 0.6 is 0 Å². The molecule has 2 atom stereocenters. The highest BCUT2D eigenvalue weighted by Gasteiger charge is 2.48. The van der Waals surface area contributed by atoms with Crippen molar-refractivity contribution in [2.75, 3.05) is 20.1 Å². The molecule has 4 nitrogen and oxygen atoms in total. The summed E-state index contributed by atoms with van der Waals surface area (Å²) in [5.74, 6) is 0. The summed E-state index contributed by atoms with van der Waals surface area (Å²) in [7, 11) is 2.21. The topological polar surface area (TPSA) is 45.4 Å². The first-order valence-electron chi connectivity index (χ1n) is 8.14. The van der Waals surface area contributed by atoms with E-state index in [0.29, 0.717) is 6.04 Å². The van der Waals surface area contributed by atoms with Crippen LogP contribution in [0.15, 0.2) is 18.2 Å². The average molecular weight is 288 g/mol. The summed E-state index contributed by atoms with van der Waals surface area (Å²) in [6, 6.07) is 7.72. The fourth-order valence-electron chi connectivity index (χ4n) is 3.80. The second-order valence-corrected chi connectivity index (χ2v) is 7.01. The quantitative estimate of drug-likeness (QED) is 0.897. The molecule has 2 aliphatic rings. The standard InChI is InChI=1S/C17H28N4/c1-13-5-4-6-15(19-13)10-20(3)17(11-18)9-14(2)21(12-17)16-7-8-16/h4-6,14,16H,7-12,18H2,1-3H3. The van der Waals surface area contributed by atoms with Crippen LogP contribution in [0.2, 0.25) is 0 Å². The lowest BCUT2D eigenvalue weighted by molar-refractivity contribution is 0.119. The van der Waals surface area contributed by atoms with E-state index in [0.717, 1.165) is 37.1 Å². The summed E-state index contributed by atoms with van der Waals surface area (Å²) in [4.78, 5) is 9.75. The van der Waals surface area contributed by atoms with E-state index in [1.807, 2.05) is 0 Å². The van der Waals surface area contributed by atoms with Gasteiger partial charge < -0.3 is 5.73 Å². The first kappa shape index (κ1) is 14.9. The molecular weight excluding hydrogens is 260 g/mol. The number of hydrogen-bond donors (Lipinski definition) is 1. The minimum absolute atomic E-state index is 0.105. The summed E-state index contributed by atoms with van der Waals surface area (Å²) in [6.45, 7) is 7.12. The maximum Gasteiger partial charge on any atom is 0.0547 e. The Labute approximate surface area is 128 Å². The first-order valence-corrected chi connectivity index (χ1v) is 8.14. The number of rotatable bonds is 5. The third-order valence-electron chi connectivity index (χ3n) is 5.27. The average Bonchev–Trinajstić information content (AvgIpc) is 3.22. The minimum atomic E-state index is 0.105. The van der Waals surface area contributed by atoms with E-state index in [2.05, 4.69) is 53.9 Å². The highest BCUT2D eigenvalue weighted by Crippen LogP contribution is 2.39. The highest BCUT2D eigenvalue weighted by molar-refractivity contribution is 5.12. The molecule has 1 saturated heterocycles. The summed E-state index contributed by atoms with van der Waals surface area (Å²) in [5.41, 5.74) is 8.54. The highest BCUT2D eigenvalue weighted by atomic mass is 15.3. The van der Waals surface area contributed by atoms with Gasteiger partial charge in [-0.2, -0.15) is 0 Å². The number of aryl methyl sites for hydroxylation is 1. The molecule has 1 aliphatic heterocycles. The molecule has 2 unspecified atom stereocenters. The van der Waals surface area contributed by atoms with Gasteiger partial charge in [-0.3, -0.25) is 14.8 Å². The summed E-state index contributed by atoms with van der Waals surface area (Å²) in [5, 5.41) is 0. The Morgan fingerprint density at radius 1 is 1.43 bits per heavy atom. The Kier molecular flexibility index (Phi) is 4.04. The fourth-order valence-corrected chi connectivity index (χ4v) is 3.80. The number of nitrogens with zero attached hydrogens (tertiary/aromatic N) is 3. The largest absolute Gasteiger partial charge is 0.329 e. The second-order valence-electron chi connectivity index (χ2n) is 7.01. The lowest BCUT2D eigenvalue weighted by Gasteiger charge is -2.38. The van der Waals surface area contributed by atoms with Crippen LogP contribution in [0, 0.1) is 6.92 Å². The summed E-state index contributed by atoms with van der Waals surface area (Å²) >= 11 is 0. The monoisotopic (exact) mass is 288 g/mol. The minimum Gasteiger partial charge on any atom is -0.329 e. The Morgan fingerprint density at radius 3 is 2.81 bits per heavy atom. The Balaban J connectivity index is 1.73. The van der Waals surface area contributed by atoms with Crippen LogP contribution in [0.3, 0.4) is 0 Å². The third-order valence-corrected chi connectivity index (χ3v) is 5.27. The number of nitrogens with two attached hydrogens (primary N) is 1. The van der Waals surface area contributed by atoms with Gasteiger partial charge in [0.1, 0.15) is 0 Å². The van der Waals surface area contributed by atoms with Crippen molar-refractivity contribution in [3.8, 4) is 0 Å². The molecule has 0 amide bonds. The van der Waals surface area contributed by atoms with Crippen LogP contribution in [0.4, 0.5) is 0 Å². The van der Waals surface area contributed by atoms with E-state index in [4.69, 9.17) is 5.73 Å². The van der Waals surface area contributed by atoms with E-state index in [1.165, 1.54) is 19.3 Å². The van der Waals surface area contributed by atoms with Crippen molar-refractivity contribution in [2.45, 2.75) is 57.3 Å². The maximum atomic E-state index is 6.21. The lowest BCUT2D eigenvalue weighted by Crippen LogP contribution is -2.53. The molecule has 1 saturated carbocycles. The number of pyridine rings is 1. The van der Waals surface area contributed by atoms with E-state index in [9.17, 15) is 0 Å². The van der Waals surface area contributed by atoms with Crippen LogP contribution in [0.1, 0.15) is 37.6 Å². The van der Waals surface area contributed by atoms with Crippen molar-refractivity contribution in [2.24, 2.45) is 5.73 Å². The molecule has 116 valence electrons. The fraction of sp³-hybridized carbons (Fsp3) is 0.706. The van der Waals surface area contributed by atoms with Crippen molar-refractivity contribution in [3.05, 3.63) is 29.6 Å². The molecule has 21 heavy (non-hydrogen) atoms. The van der Waals surface area contributed by atoms with Crippen LogP contribution in [0.25, 0.3) is 0 Å². The van der Waals surface area contributed by atoms with Gasteiger partial charge in [-0.15, -0.1) is 0 Å². The third kappa shape index (κ3) is 2.98. The zero-order valence-electron chi connectivity index (χ0n) is 13.5. The van der Waals surface area contributed by atoms with Gasteiger partial charge in [-0.25, -0.2) is 0 Å². The van der Waals surface area contributed by atoms with Crippen molar-refractivity contribution in [1.29, 1.82) is 0 Å². The van der Waals surface area contributed by atoms with Crippen LogP contribution in [-0.4, -0.2) is 52.5 Å². The number of aromatic nitrogens is 1. The van der Waals surface area contributed by atoms with Gasteiger partial charge in [0.2, 0.25) is 0 Å². The number of likely N-dealkylation sites (N-methyl/N-ethyl adjacent to an activating group) is 1. The lowest BCUT2D eigenvalue weighted by atomic mass is 9.94. The predicted octanol–water partition coefficient (Wildman–Crippen LogP) is 1.78. The number of likely N-dealkylation sites (tertiary alicyclic amines) is 1. The maximum absolute atomic E-state index is 6.21. The zero-order valence-corrected chi connectivity index (χ0v) is 13.5. The summed E-state index contributed by atoms with van der Waals surface area (Å²) < 4.78 is 0. The molecule has 0 radical (unpaired) electrons. The number of hydrogen-bond acceptors (Lipinski definition) is 4. The van der Waals surface area contributed by atoms with Crippen LogP contribution in [-0.2, 0) is 6.54 Å². The van der Waals surface area contributed by atoms with E-state index >= 15 is 0 Å². The molecule has 1 aromatic rings. The molecule has 4 heteroatoms. The first-order chi connectivity index (χ1) is 10.0. The molecule has 0 spiro atoms. The van der Waals surface area contributed by atoms with Gasteiger partial charge in [0, 0.05) is 43.0 Å². The molecule has 3 rings (SSSR count). The Morgan fingerprint density at radius 2 is 2.19 bits per heavy atom. The van der Waals surface area contributed by atoms with Crippen molar-refractivity contribution in [1.82, 2.24) is 14.8 Å². The second kappa shape index (κ2) is 5.67.